The smallest absolute Gasteiger partial charge is 0.0572 e. The highest BCUT2D eigenvalue weighted by atomic mass is 16.5. The topological polar surface area (TPSA) is 50.5 Å². The first-order valence-corrected chi connectivity index (χ1v) is 6.35. The van der Waals surface area contributed by atoms with Gasteiger partial charge >= 0.3 is 0 Å². The van der Waals surface area contributed by atoms with Crippen LogP contribution in [0.1, 0.15) is 12.8 Å². The Bertz CT molecular complexity index is 225. The molecule has 4 nitrogen and oxygen atoms in total. The second-order valence-electron chi connectivity index (χ2n) is 5.49. The van der Waals surface area contributed by atoms with E-state index in [4.69, 9.17) is 10.5 Å². The van der Waals surface area contributed by atoms with Crippen molar-refractivity contribution < 1.29 is 4.74 Å². The lowest BCUT2D eigenvalue weighted by atomic mass is 9.70. The number of hydrogen-bond acceptors (Lipinski definition) is 4. The summed E-state index contributed by atoms with van der Waals surface area (Å²) in [5, 5.41) is 3.50. The predicted molar refractivity (Wildman–Crippen MR) is 65.4 cm³/mol. The Labute approximate surface area is 98.5 Å². The van der Waals surface area contributed by atoms with Crippen LogP contribution in [-0.2, 0) is 4.74 Å². The van der Waals surface area contributed by atoms with Gasteiger partial charge in [-0.25, -0.2) is 0 Å². The first-order chi connectivity index (χ1) is 7.72. The molecule has 0 aromatic rings. The van der Waals surface area contributed by atoms with Gasteiger partial charge in [-0.1, -0.05) is 0 Å². The highest BCUT2D eigenvalue weighted by molar-refractivity contribution is 5.00. The largest absolute Gasteiger partial charge is 0.380 e. The summed E-state index contributed by atoms with van der Waals surface area (Å²) in [5.74, 6) is 0.719. The van der Waals surface area contributed by atoms with Crippen molar-refractivity contribution in [2.75, 3.05) is 46.9 Å². The summed E-state index contributed by atoms with van der Waals surface area (Å²) in [5.41, 5.74) is 6.15. The Morgan fingerprint density at radius 2 is 2.31 bits per heavy atom. The van der Waals surface area contributed by atoms with Gasteiger partial charge in [0.2, 0.25) is 0 Å². The van der Waals surface area contributed by atoms with E-state index < -0.39 is 0 Å². The summed E-state index contributed by atoms with van der Waals surface area (Å²) in [4.78, 5) is 2.43. The van der Waals surface area contributed by atoms with Gasteiger partial charge in [0, 0.05) is 24.5 Å². The van der Waals surface area contributed by atoms with Crippen LogP contribution in [0.2, 0.25) is 0 Å². The van der Waals surface area contributed by atoms with E-state index >= 15 is 0 Å². The number of likely N-dealkylation sites (tertiary alicyclic amines) is 1. The van der Waals surface area contributed by atoms with Crippen molar-refractivity contribution in [3.8, 4) is 0 Å². The average Bonchev–Trinajstić information content (AvgIpc) is 2.23. The van der Waals surface area contributed by atoms with Gasteiger partial charge < -0.3 is 20.7 Å². The van der Waals surface area contributed by atoms with Gasteiger partial charge in [-0.3, -0.25) is 0 Å². The molecule has 2 aliphatic heterocycles. The third kappa shape index (κ3) is 2.12. The minimum Gasteiger partial charge on any atom is -0.380 e. The lowest BCUT2D eigenvalue weighted by Crippen LogP contribution is -2.64. The maximum Gasteiger partial charge on any atom is 0.0572 e. The first kappa shape index (κ1) is 12.3. The molecule has 2 saturated heterocycles. The van der Waals surface area contributed by atoms with Crippen molar-refractivity contribution in [3.05, 3.63) is 0 Å². The fourth-order valence-corrected chi connectivity index (χ4v) is 3.31. The van der Waals surface area contributed by atoms with E-state index in [1.165, 1.54) is 25.9 Å². The van der Waals surface area contributed by atoms with E-state index in [1.807, 2.05) is 0 Å². The molecule has 0 aromatic heterocycles. The monoisotopic (exact) mass is 227 g/mol. The molecule has 16 heavy (non-hydrogen) atoms. The zero-order chi connectivity index (χ0) is 11.6. The van der Waals surface area contributed by atoms with Crippen molar-refractivity contribution in [1.82, 2.24) is 10.2 Å². The minimum atomic E-state index is 0.192. The third-order valence-electron chi connectivity index (χ3n) is 4.29. The van der Waals surface area contributed by atoms with E-state index in [0.717, 1.165) is 25.7 Å². The van der Waals surface area contributed by atoms with Gasteiger partial charge in [0.05, 0.1) is 13.2 Å². The molecule has 2 aliphatic rings. The van der Waals surface area contributed by atoms with E-state index in [-0.39, 0.29) is 5.41 Å². The Kier molecular flexibility index (Phi) is 3.85. The Morgan fingerprint density at radius 1 is 1.56 bits per heavy atom. The molecule has 0 saturated carbocycles. The summed E-state index contributed by atoms with van der Waals surface area (Å²) < 4.78 is 5.40. The molecule has 0 aliphatic carbocycles. The second-order valence-corrected chi connectivity index (χ2v) is 5.49. The van der Waals surface area contributed by atoms with Crippen LogP contribution in [0.15, 0.2) is 0 Å². The maximum absolute atomic E-state index is 5.95. The molecule has 0 spiro atoms. The molecular weight excluding hydrogens is 202 g/mol. The molecule has 0 radical (unpaired) electrons. The average molecular weight is 227 g/mol. The van der Waals surface area contributed by atoms with Crippen LogP contribution in [0.5, 0.6) is 0 Å². The van der Waals surface area contributed by atoms with Crippen LogP contribution in [0.25, 0.3) is 0 Å². The van der Waals surface area contributed by atoms with Crippen molar-refractivity contribution in [2.24, 2.45) is 17.1 Å². The number of nitrogens with one attached hydrogen (secondary N) is 1. The van der Waals surface area contributed by atoms with Crippen LogP contribution in [0.3, 0.4) is 0 Å². The maximum atomic E-state index is 5.95. The summed E-state index contributed by atoms with van der Waals surface area (Å²) in [6, 6.07) is 0.508. The van der Waals surface area contributed by atoms with Crippen molar-refractivity contribution in [1.29, 1.82) is 0 Å². The van der Waals surface area contributed by atoms with Crippen LogP contribution >= 0.6 is 0 Å². The lowest BCUT2D eigenvalue weighted by molar-refractivity contribution is -0.138. The van der Waals surface area contributed by atoms with Gasteiger partial charge in [0.25, 0.3) is 0 Å². The van der Waals surface area contributed by atoms with Crippen molar-refractivity contribution >= 4 is 0 Å². The molecule has 2 atom stereocenters. The fraction of sp³-hybridized carbons (Fsp3) is 1.00. The number of nitrogens with two attached hydrogens (primary N) is 1. The summed E-state index contributed by atoms with van der Waals surface area (Å²) >= 11 is 0. The minimum absolute atomic E-state index is 0.192. The Balaban J connectivity index is 2.03. The molecule has 2 heterocycles. The normalized spacial score (nSPS) is 32.1. The molecule has 2 rings (SSSR count). The van der Waals surface area contributed by atoms with Gasteiger partial charge in [-0.2, -0.15) is 0 Å². The number of rotatable bonds is 4. The number of piperidine rings is 1. The van der Waals surface area contributed by atoms with Gasteiger partial charge in [0.15, 0.2) is 0 Å². The molecule has 0 aromatic carbocycles. The van der Waals surface area contributed by atoms with Gasteiger partial charge in [-0.15, -0.1) is 0 Å². The molecule has 4 heteroatoms. The molecule has 2 unspecified atom stereocenters. The van der Waals surface area contributed by atoms with E-state index in [9.17, 15) is 0 Å². The third-order valence-corrected chi connectivity index (χ3v) is 4.29. The van der Waals surface area contributed by atoms with Crippen LogP contribution in [0, 0.1) is 11.3 Å². The standard InChI is InChI=1S/C12H25N3O/c1-14-11(12(7-13)8-16-9-12)10-4-3-5-15(2)6-10/h10-11,14H,3-9,13H2,1-2H3. The fourth-order valence-electron chi connectivity index (χ4n) is 3.31. The summed E-state index contributed by atoms with van der Waals surface area (Å²) in [6.45, 7) is 4.81. The zero-order valence-electron chi connectivity index (χ0n) is 10.5. The second kappa shape index (κ2) is 5.00. The number of ether oxygens (including phenoxy) is 1. The van der Waals surface area contributed by atoms with Gasteiger partial charge in [-0.05, 0) is 39.4 Å². The van der Waals surface area contributed by atoms with Crippen molar-refractivity contribution in [2.45, 2.75) is 18.9 Å². The highest BCUT2D eigenvalue weighted by Crippen LogP contribution is 2.36. The predicted octanol–water partition coefficient (Wildman–Crippen LogP) is -0.108. The summed E-state index contributed by atoms with van der Waals surface area (Å²) in [6.07, 6.45) is 2.62. The van der Waals surface area contributed by atoms with Crippen LogP contribution in [-0.4, -0.2) is 57.9 Å². The highest BCUT2D eigenvalue weighted by Gasteiger charge is 2.47. The SMILES string of the molecule is CNC(C1CCCN(C)C1)C1(CN)COC1. The zero-order valence-corrected chi connectivity index (χ0v) is 10.5. The van der Waals surface area contributed by atoms with Crippen LogP contribution < -0.4 is 11.1 Å². The van der Waals surface area contributed by atoms with Crippen LogP contribution in [0.4, 0.5) is 0 Å². The van der Waals surface area contributed by atoms with Gasteiger partial charge in [0.1, 0.15) is 0 Å². The Morgan fingerprint density at radius 3 is 2.75 bits per heavy atom. The number of hydrogen-bond donors (Lipinski definition) is 2. The van der Waals surface area contributed by atoms with E-state index in [1.54, 1.807) is 0 Å². The molecule has 94 valence electrons. The molecular formula is C12H25N3O. The first-order valence-electron chi connectivity index (χ1n) is 6.35. The number of nitrogens with zero attached hydrogens (tertiary/aromatic N) is 1. The Hall–Kier alpha value is -0.160. The molecule has 0 amide bonds. The molecule has 2 fully saturated rings. The summed E-state index contributed by atoms with van der Waals surface area (Å²) in [7, 11) is 4.28. The quantitative estimate of drug-likeness (QED) is 0.704. The molecule has 3 N–H and O–H groups in total. The lowest BCUT2D eigenvalue weighted by Gasteiger charge is -2.50. The molecule has 0 bridgehead atoms. The van der Waals surface area contributed by atoms with E-state index in [2.05, 4.69) is 24.3 Å². The van der Waals surface area contributed by atoms with E-state index in [0.29, 0.717) is 6.04 Å². The van der Waals surface area contributed by atoms with Crippen molar-refractivity contribution in [3.63, 3.8) is 0 Å².